The number of anilines is 1. The van der Waals surface area contributed by atoms with Crippen LogP contribution in [0.4, 0.5) is 5.95 Å². The highest BCUT2D eigenvalue weighted by Gasteiger charge is 2.06. The minimum atomic E-state index is 0.599. The lowest BCUT2D eigenvalue weighted by Gasteiger charge is -2.11. The van der Waals surface area contributed by atoms with Crippen LogP contribution in [-0.2, 0) is 0 Å². The number of halogens is 1. The second kappa shape index (κ2) is 8.26. The lowest BCUT2D eigenvalue weighted by Crippen LogP contribution is -2.16. The lowest BCUT2D eigenvalue weighted by atomic mass is 10.4. The first-order valence-electron chi connectivity index (χ1n) is 6.17. The largest absolute Gasteiger partial charge is 0.477 e. The quantitative estimate of drug-likeness (QED) is 0.746. The third-order valence-corrected chi connectivity index (χ3v) is 2.78. The third-order valence-electron chi connectivity index (χ3n) is 2.23. The summed E-state index contributed by atoms with van der Waals surface area (Å²) in [4.78, 5) is 10.6. The molecule has 0 saturated heterocycles. The molecule has 6 heteroatoms. The molecule has 0 aromatic carbocycles. The first-order chi connectivity index (χ1) is 8.63. The van der Waals surface area contributed by atoms with Gasteiger partial charge in [-0.3, -0.25) is 0 Å². The topological polar surface area (TPSA) is 50.3 Å². The summed E-state index contributed by atoms with van der Waals surface area (Å²) in [6.07, 6.45) is 3.73. The van der Waals surface area contributed by atoms with Crippen LogP contribution in [0.5, 0.6) is 5.88 Å². The first-order valence-corrected chi connectivity index (χ1v) is 6.96. The van der Waals surface area contributed by atoms with Gasteiger partial charge in [0.1, 0.15) is 0 Å². The summed E-state index contributed by atoms with van der Waals surface area (Å²) in [5.41, 5.74) is 0. The molecule has 1 heterocycles. The predicted molar refractivity (Wildman–Crippen MR) is 77.2 cm³/mol. The molecule has 0 fully saturated rings. The minimum absolute atomic E-state index is 0.599. The number of rotatable bonds is 8. The van der Waals surface area contributed by atoms with Gasteiger partial charge in [0.05, 0.1) is 17.3 Å². The summed E-state index contributed by atoms with van der Waals surface area (Å²) in [7, 11) is 4.10. The maximum atomic E-state index is 5.64. The molecule has 1 aromatic rings. The number of ether oxygens (including phenoxy) is 1. The average Bonchev–Trinajstić information content (AvgIpc) is 2.34. The summed E-state index contributed by atoms with van der Waals surface area (Å²) >= 11 is 3.39. The molecular formula is C12H21BrN4O. The molecule has 1 rings (SSSR count). The Morgan fingerprint density at radius 1 is 1.44 bits per heavy atom. The van der Waals surface area contributed by atoms with Gasteiger partial charge in [0.2, 0.25) is 11.8 Å². The molecule has 18 heavy (non-hydrogen) atoms. The standard InChI is InChI=1S/C12H21BrN4O/c1-4-6-14-12-15-9-10(13)11(16-12)18-8-5-7-17(2)3/h9H,4-8H2,1-3H3,(H,14,15,16). The predicted octanol–water partition coefficient (Wildman–Crippen LogP) is 2.39. The zero-order valence-corrected chi connectivity index (χ0v) is 12.8. The molecule has 1 N–H and O–H groups in total. The SMILES string of the molecule is CCCNc1ncc(Br)c(OCCCN(C)C)n1. The van der Waals surface area contributed by atoms with Gasteiger partial charge in [-0.15, -0.1) is 0 Å². The number of hydrogen-bond donors (Lipinski definition) is 1. The van der Waals surface area contributed by atoms with Crippen molar-refractivity contribution < 1.29 is 4.74 Å². The monoisotopic (exact) mass is 316 g/mol. The van der Waals surface area contributed by atoms with E-state index in [0.717, 1.165) is 30.4 Å². The molecule has 0 radical (unpaired) electrons. The van der Waals surface area contributed by atoms with Crippen molar-refractivity contribution in [2.75, 3.05) is 39.1 Å². The Labute approximate surface area is 117 Å². The lowest BCUT2D eigenvalue weighted by molar-refractivity contribution is 0.271. The molecule has 5 nitrogen and oxygen atoms in total. The van der Waals surface area contributed by atoms with Crippen molar-refractivity contribution in [3.05, 3.63) is 10.7 Å². The van der Waals surface area contributed by atoms with Gasteiger partial charge >= 0.3 is 0 Å². The second-order valence-electron chi connectivity index (χ2n) is 4.28. The van der Waals surface area contributed by atoms with Gasteiger partial charge in [0.25, 0.3) is 0 Å². The third kappa shape index (κ3) is 5.64. The zero-order valence-electron chi connectivity index (χ0n) is 11.2. The fourth-order valence-corrected chi connectivity index (χ4v) is 1.63. The summed E-state index contributed by atoms with van der Waals surface area (Å²) in [5, 5.41) is 3.14. The highest BCUT2D eigenvalue weighted by Crippen LogP contribution is 2.22. The summed E-state index contributed by atoms with van der Waals surface area (Å²) in [6.45, 7) is 4.62. The van der Waals surface area contributed by atoms with Crippen LogP contribution in [0.15, 0.2) is 10.7 Å². The van der Waals surface area contributed by atoms with E-state index < -0.39 is 0 Å². The molecule has 1 aromatic heterocycles. The van der Waals surface area contributed by atoms with E-state index in [1.807, 2.05) is 14.1 Å². The Kier molecular flexibility index (Phi) is 6.97. The summed E-state index contributed by atoms with van der Waals surface area (Å²) in [6, 6.07) is 0. The summed E-state index contributed by atoms with van der Waals surface area (Å²) in [5.74, 6) is 1.21. The molecule has 0 amide bonds. The van der Waals surface area contributed by atoms with Gasteiger partial charge in [0, 0.05) is 13.1 Å². The Morgan fingerprint density at radius 3 is 2.89 bits per heavy atom. The maximum absolute atomic E-state index is 5.64. The molecule has 102 valence electrons. The average molecular weight is 317 g/mol. The van der Waals surface area contributed by atoms with Crippen LogP contribution in [0.1, 0.15) is 19.8 Å². The minimum Gasteiger partial charge on any atom is -0.477 e. The van der Waals surface area contributed by atoms with Crippen molar-refractivity contribution in [2.24, 2.45) is 0 Å². The van der Waals surface area contributed by atoms with Crippen LogP contribution >= 0.6 is 15.9 Å². The Morgan fingerprint density at radius 2 is 2.22 bits per heavy atom. The van der Waals surface area contributed by atoms with Crippen molar-refractivity contribution in [3.63, 3.8) is 0 Å². The Balaban J connectivity index is 2.47. The van der Waals surface area contributed by atoms with Gasteiger partial charge in [0.15, 0.2) is 0 Å². The van der Waals surface area contributed by atoms with E-state index in [-0.39, 0.29) is 0 Å². The molecule has 0 aliphatic rings. The van der Waals surface area contributed by atoms with Crippen molar-refractivity contribution in [2.45, 2.75) is 19.8 Å². The smallest absolute Gasteiger partial charge is 0.232 e. The van der Waals surface area contributed by atoms with Gasteiger partial charge in [-0.25, -0.2) is 4.98 Å². The van der Waals surface area contributed by atoms with Crippen molar-refractivity contribution in [1.29, 1.82) is 0 Å². The van der Waals surface area contributed by atoms with E-state index in [9.17, 15) is 0 Å². The molecule has 0 aliphatic heterocycles. The number of nitrogens with zero attached hydrogens (tertiary/aromatic N) is 3. The fraction of sp³-hybridized carbons (Fsp3) is 0.667. The molecule has 0 aliphatic carbocycles. The van der Waals surface area contributed by atoms with Crippen LogP contribution in [0.3, 0.4) is 0 Å². The fourth-order valence-electron chi connectivity index (χ4n) is 1.32. The maximum Gasteiger partial charge on any atom is 0.232 e. The molecule has 0 bridgehead atoms. The van der Waals surface area contributed by atoms with Crippen molar-refractivity contribution >= 4 is 21.9 Å². The zero-order chi connectivity index (χ0) is 13.4. The van der Waals surface area contributed by atoms with Crippen LogP contribution in [0, 0.1) is 0 Å². The van der Waals surface area contributed by atoms with E-state index in [1.165, 1.54) is 0 Å². The van der Waals surface area contributed by atoms with Crippen LogP contribution < -0.4 is 10.1 Å². The molecule has 0 saturated carbocycles. The number of nitrogens with one attached hydrogen (secondary N) is 1. The van der Waals surface area contributed by atoms with Crippen LogP contribution in [-0.4, -0.2) is 48.7 Å². The van der Waals surface area contributed by atoms with E-state index in [0.29, 0.717) is 18.4 Å². The van der Waals surface area contributed by atoms with E-state index >= 15 is 0 Å². The normalized spacial score (nSPS) is 10.7. The molecule has 0 spiro atoms. The van der Waals surface area contributed by atoms with Crippen LogP contribution in [0.2, 0.25) is 0 Å². The van der Waals surface area contributed by atoms with Crippen molar-refractivity contribution in [3.8, 4) is 5.88 Å². The molecule has 0 unspecified atom stereocenters. The first kappa shape index (κ1) is 15.2. The van der Waals surface area contributed by atoms with E-state index in [2.05, 4.69) is 43.0 Å². The van der Waals surface area contributed by atoms with Gasteiger partial charge < -0.3 is 15.0 Å². The van der Waals surface area contributed by atoms with E-state index in [1.54, 1.807) is 6.20 Å². The van der Waals surface area contributed by atoms with Gasteiger partial charge in [-0.05, 0) is 42.9 Å². The Bertz CT molecular complexity index is 360. The number of hydrogen-bond acceptors (Lipinski definition) is 5. The van der Waals surface area contributed by atoms with Gasteiger partial charge in [-0.2, -0.15) is 4.98 Å². The summed E-state index contributed by atoms with van der Waals surface area (Å²) < 4.78 is 6.43. The Hall–Kier alpha value is -0.880. The second-order valence-corrected chi connectivity index (χ2v) is 5.13. The van der Waals surface area contributed by atoms with E-state index in [4.69, 9.17) is 4.74 Å². The highest BCUT2D eigenvalue weighted by atomic mass is 79.9. The van der Waals surface area contributed by atoms with Crippen molar-refractivity contribution in [1.82, 2.24) is 14.9 Å². The molecule has 0 atom stereocenters. The highest BCUT2D eigenvalue weighted by molar-refractivity contribution is 9.10. The van der Waals surface area contributed by atoms with Crippen LogP contribution in [0.25, 0.3) is 0 Å². The van der Waals surface area contributed by atoms with Gasteiger partial charge in [-0.1, -0.05) is 6.92 Å². The molecular weight excluding hydrogens is 296 g/mol. The number of aromatic nitrogens is 2.